The Balaban J connectivity index is 1.50. The van der Waals surface area contributed by atoms with Crippen molar-refractivity contribution < 1.29 is 22.7 Å². The standard InChI is InChI=1S/C25H30N2O5S/c1-26(19-22-9-5-4-6-10-22)24(28)20-32-25(29)16-13-21-11-14-23(15-12-21)33(30,31)27-17-7-2-3-8-18-27/h4-6,9-16H,2-3,7-8,17-20H2,1H3/b16-13+. The Kier molecular flexibility index (Phi) is 8.79. The molecule has 8 heteroatoms. The maximum Gasteiger partial charge on any atom is 0.331 e. The lowest BCUT2D eigenvalue weighted by Crippen LogP contribution is -2.31. The lowest BCUT2D eigenvalue weighted by molar-refractivity contribution is -0.147. The Hall–Kier alpha value is -2.97. The third kappa shape index (κ3) is 7.27. The summed E-state index contributed by atoms with van der Waals surface area (Å²) in [7, 11) is -1.85. The van der Waals surface area contributed by atoms with Crippen molar-refractivity contribution in [2.24, 2.45) is 0 Å². The van der Waals surface area contributed by atoms with Gasteiger partial charge in [-0.25, -0.2) is 13.2 Å². The van der Waals surface area contributed by atoms with Crippen molar-refractivity contribution in [3.05, 3.63) is 71.8 Å². The zero-order valence-corrected chi connectivity index (χ0v) is 19.7. The molecule has 2 aromatic carbocycles. The van der Waals surface area contributed by atoms with E-state index in [-0.39, 0.29) is 17.4 Å². The molecule has 0 aromatic heterocycles. The Morgan fingerprint density at radius 3 is 2.24 bits per heavy atom. The second-order valence-electron chi connectivity index (χ2n) is 8.06. The second-order valence-corrected chi connectivity index (χ2v) is 10.0. The summed E-state index contributed by atoms with van der Waals surface area (Å²) in [5, 5.41) is 0. The number of amides is 1. The summed E-state index contributed by atoms with van der Waals surface area (Å²) in [5.41, 5.74) is 1.65. The maximum atomic E-state index is 12.8. The monoisotopic (exact) mass is 470 g/mol. The van der Waals surface area contributed by atoms with Crippen molar-refractivity contribution in [2.45, 2.75) is 37.1 Å². The molecular formula is C25H30N2O5S. The Morgan fingerprint density at radius 2 is 1.61 bits per heavy atom. The average Bonchev–Trinajstić information content (AvgIpc) is 3.12. The molecule has 1 amide bonds. The quantitative estimate of drug-likeness (QED) is 0.436. The van der Waals surface area contributed by atoms with Gasteiger partial charge in [0.25, 0.3) is 5.91 Å². The predicted octanol–water partition coefficient (Wildman–Crippen LogP) is 3.47. The minimum atomic E-state index is -3.51. The molecule has 0 unspecified atom stereocenters. The predicted molar refractivity (Wildman–Crippen MR) is 127 cm³/mol. The SMILES string of the molecule is CN(Cc1ccccc1)C(=O)COC(=O)/C=C/c1ccc(S(=O)(=O)N2CCCCCC2)cc1. The normalized spacial score (nSPS) is 15.2. The minimum absolute atomic E-state index is 0.246. The summed E-state index contributed by atoms with van der Waals surface area (Å²) in [6, 6.07) is 15.9. The van der Waals surface area contributed by atoms with Gasteiger partial charge in [-0.15, -0.1) is 0 Å². The van der Waals surface area contributed by atoms with Crippen LogP contribution in [0.5, 0.6) is 0 Å². The van der Waals surface area contributed by atoms with Crippen molar-refractivity contribution in [1.82, 2.24) is 9.21 Å². The molecule has 0 atom stereocenters. The molecule has 1 saturated heterocycles. The first-order chi connectivity index (χ1) is 15.9. The fraction of sp³-hybridized carbons (Fsp3) is 0.360. The van der Waals surface area contributed by atoms with E-state index in [0.29, 0.717) is 25.2 Å². The Morgan fingerprint density at radius 1 is 0.970 bits per heavy atom. The molecule has 0 spiro atoms. The van der Waals surface area contributed by atoms with Gasteiger partial charge in [0.15, 0.2) is 6.61 Å². The van der Waals surface area contributed by atoms with Crippen LogP contribution in [0.2, 0.25) is 0 Å². The Bertz CT molecular complexity index is 1060. The fourth-order valence-corrected chi connectivity index (χ4v) is 5.10. The van der Waals surface area contributed by atoms with Crippen molar-refractivity contribution in [3.63, 3.8) is 0 Å². The van der Waals surface area contributed by atoms with Crippen LogP contribution in [0.1, 0.15) is 36.8 Å². The average molecular weight is 471 g/mol. The maximum absolute atomic E-state index is 12.8. The zero-order chi connectivity index (χ0) is 23.7. The lowest BCUT2D eigenvalue weighted by Gasteiger charge is -2.19. The van der Waals surface area contributed by atoms with Crippen LogP contribution in [0.15, 0.2) is 65.6 Å². The second kappa shape index (κ2) is 11.8. The number of hydrogen-bond acceptors (Lipinski definition) is 5. The summed E-state index contributed by atoms with van der Waals surface area (Å²) in [6.07, 6.45) is 6.63. The highest BCUT2D eigenvalue weighted by Crippen LogP contribution is 2.21. The number of nitrogens with zero attached hydrogens (tertiary/aromatic N) is 2. The summed E-state index contributed by atoms with van der Waals surface area (Å²) in [5.74, 6) is -0.943. The number of benzene rings is 2. The highest BCUT2D eigenvalue weighted by molar-refractivity contribution is 7.89. The summed E-state index contributed by atoms with van der Waals surface area (Å²) in [4.78, 5) is 25.9. The Labute approximate surface area is 195 Å². The molecule has 2 aromatic rings. The van der Waals surface area contributed by atoms with Gasteiger partial charge >= 0.3 is 5.97 Å². The molecule has 33 heavy (non-hydrogen) atoms. The molecule has 0 radical (unpaired) electrons. The largest absolute Gasteiger partial charge is 0.452 e. The van der Waals surface area contributed by atoms with E-state index in [1.807, 2.05) is 30.3 Å². The van der Waals surface area contributed by atoms with Crippen LogP contribution >= 0.6 is 0 Å². The topological polar surface area (TPSA) is 84.0 Å². The van der Waals surface area contributed by atoms with Crippen LogP contribution in [0.25, 0.3) is 6.08 Å². The van der Waals surface area contributed by atoms with Gasteiger partial charge in [0.1, 0.15) is 0 Å². The molecule has 0 bridgehead atoms. The molecule has 1 heterocycles. The highest BCUT2D eigenvalue weighted by atomic mass is 32.2. The van der Waals surface area contributed by atoms with E-state index >= 15 is 0 Å². The van der Waals surface area contributed by atoms with Crippen molar-refractivity contribution >= 4 is 28.0 Å². The van der Waals surface area contributed by atoms with Crippen LogP contribution in [0, 0.1) is 0 Å². The van der Waals surface area contributed by atoms with E-state index in [0.717, 1.165) is 31.2 Å². The van der Waals surface area contributed by atoms with E-state index in [1.165, 1.54) is 17.1 Å². The van der Waals surface area contributed by atoms with Crippen molar-refractivity contribution in [2.75, 3.05) is 26.7 Å². The molecule has 176 valence electrons. The summed E-state index contributed by atoms with van der Waals surface area (Å²) in [6.45, 7) is 1.18. The first-order valence-corrected chi connectivity index (χ1v) is 12.5. The van der Waals surface area contributed by atoms with Crippen molar-refractivity contribution in [3.8, 4) is 0 Å². The molecular weight excluding hydrogens is 440 g/mol. The van der Waals surface area contributed by atoms with E-state index < -0.39 is 16.0 Å². The number of esters is 1. The number of sulfonamides is 1. The molecule has 0 N–H and O–H groups in total. The van der Waals surface area contributed by atoms with Crippen LogP contribution in [-0.2, 0) is 30.9 Å². The third-order valence-corrected chi connectivity index (χ3v) is 7.43. The van der Waals surface area contributed by atoms with Crippen LogP contribution in [0.3, 0.4) is 0 Å². The van der Waals surface area contributed by atoms with E-state index in [4.69, 9.17) is 4.74 Å². The number of ether oxygens (including phenoxy) is 1. The fourth-order valence-electron chi connectivity index (χ4n) is 3.58. The van der Waals surface area contributed by atoms with Gasteiger partial charge in [0.2, 0.25) is 10.0 Å². The molecule has 0 saturated carbocycles. The number of hydrogen-bond donors (Lipinski definition) is 0. The van der Waals surface area contributed by atoms with Crippen molar-refractivity contribution in [1.29, 1.82) is 0 Å². The van der Waals surface area contributed by atoms with Gasteiger partial charge in [-0.2, -0.15) is 4.31 Å². The van der Waals surface area contributed by atoms with E-state index in [1.54, 1.807) is 35.6 Å². The zero-order valence-electron chi connectivity index (χ0n) is 18.9. The summed E-state index contributed by atoms with van der Waals surface area (Å²) >= 11 is 0. The van der Waals surface area contributed by atoms with Gasteiger partial charge in [-0.3, -0.25) is 4.79 Å². The van der Waals surface area contributed by atoms with Gasteiger partial charge in [0.05, 0.1) is 4.90 Å². The highest BCUT2D eigenvalue weighted by Gasteiger charge is 2.24. The van der Waals surface area contributed by atoms with Gasteiger partial charge in [0, 0.05) is 32.8 Å². The summed E-state index contributed by atoms with van der Waals surface area (Å²) < 4.78 is 32.3. The minimum Gasteiger partial charge on any atom is -0.452 e. The molecule has 7 nitrogen and oxygen atoms in total. The molecule has 1 aliphatic heterocycles. The number of carbonyl (C=O) groups excluding carboxylic acids is 2. The van der Waals surface area contributed by atoms with Crippen LogP contribution < -0.4 is 0 Å². The molecule has 1 aliphatic rings. The smallest absolute Gasteiger partial charge is 0.331 e. The number of rotatable bonds is 8. The van der Waals surface area contributed by atoms with Gasteiger partial charge in [-0.1, -0.05) is 55.3 Å². The van der Waals surface area contributed by atoms with E-state index in [9.17, 15) is 18.0 Å². The van der Waals surface area contributed by atoms with Gasteiger partial charge < -0.3 is 9.64 Å². The van der Waals surface area contributed by atoms with Crippen LogP contribution in [0.4, 0.5) is 0 Å². The van der Waals surface area contributed by atoms with E-state index in [2.05, 4.69) is 0 Å². The third-order valence-electron chi connectivity index (χ3n) is 5.52. The molecule has 0 aliphatic carbocycles. The number of likely N-dealkylation sites (N-methyl/N-ethyl adjacent to an activating group) is 1. The lowest BCUT2D eigenvalue weighted by atomic mass is 10.2. The molecule has 1 fully saturated rings. The van der Waals surface area contributed by atoms with Crippen LogP contribution in [-0.4, -0.2) is 56.2 Å². The number of carbonyl (C=O) groups is 2. The first-order valence-electron chi connectivity index (χ1n) is 11.1. The molecule has 3 rings (SSSR count). The van der Waals surface area contributed by atoms with Gasteiger partial charge in [-0.05, 0) is 42.2 Å². The first kappa shape index (κ1) is 24.7.